The van der Waals surface area contributed by atoms with Crippen LogP contribution in [0.2, 0.25) is 0 Å². The van der Waals surface area contributed by atoms with Crippen LogP contribution in [-0.4, -0.2) is 33.0 Å². The lowest BCUT2D eigenvalue weighted by Gasteiger charge is -2.22. The molecule has 0 aromatic heterocycles. The van der Waals surface area contributed by atoms with E-state index >= 15 is 0 Å². The number of ether oxygens (including phenoxy) is 1. The van der Waals surface area contributed by atoms with Crippen LogP contribution in [0.3, 0.4) is 0 Å². The van der Waals surface area contributed by atoms with Crippen molar-refractivity contribution in [1.29, 1.82) is 0 Å². The first-order valence-corrected chi connectivity index (χ1v) is 9.06. The molecule has 118 valence electrons. The van der Waals surface area contributed by atoms with Crippen LogP contribution in [0, 0.1) is 0 Å². The fraction of sp³-hybridized carbons (Fsp3) is 0.250. The maximum atomic E-state index is 12.9. The standard InChI is InChI=1S/C16H18BrNO3S/c1-21-12-11-18(13-14-7-3-2-4-8-14)22(19,20)16-10-6-5-9-15(16)17/h2-10H,11-13H2,1H3. The van der Waals surface area contributed by atoms with E-state index in [1.54, 1.807) is 31.4 Å². The molecule has 0 aliphatic rings. The van der Waals surface area contributed by atoms with Gasteiger partial charge in [-0.05, 0) is 33.6 Å². The van der Waals surface area contributed by atoms with Crippen molar-refractivity contribution in [3.63, 3.8) is 0 Å². The number of hydrogen-bond donors (Lipinski definition) is 0. The third-order valence-electron chi connectivity index (χ3n) is 3.20. The van der Waals surface area contributed by atoms with E-state index in [1.807, 2.05) is 30.3 Å². The Labute approximate surface area is 139 Å². The summed E-state index contributed by atoms with van der Waals surface area (Å²) < 4.78 is 32.9. The highest BCUT2D eigenvalue weighted by molar-refractivity contribution is 9.10. The third kappa shape index (κ3) is 4.16. The number of rotatable bonds is 7. The first kappa shape index (κ1) is 17.1. The molecule has 0 unspecified atom stereocenters. The molecule has 0 atom stereocenters. The zero-order valence-corrected chi connectivity index (χ0v) is 14.7. The summed E-state index contributed by atoms with van der Waals surface area (Å²) in [6.07, 6.45) is 0. The van der Waals surface area contributed by atoms with Gasteiger partial charge in [-0.25, -0.2) is 8.42 Å². The molecule has 2 aromatic rings. The highest BCUT2D eigenvalue weighted by Gasteiger charge is 2.26. The molecule has 0 fully saturated rings. The summed E-state index contributed by atoms with van der Waals surface area (Å²) in [6.45, 7) is 0.958. The minimum absolute atomic E-state index is 0.266. The normalized spacial score (nSPS) is 11.8. The second-order valence-corrected chi connectivity index (χ2v) is 7.51. The first-order valence-electron chi connectivity index (χ1n) is 6.83. The Morgan fingerprint density at radius 3 is 2.32 bits per heavy atom. The van der Waals surface area contributed by atoms with Gasteiger partial charge < -0.3 is 4.74 Å². The zero-order valence-electron chi connectivity index (χ0n) is 12.3. The van der Waals surface area contributed by atoms with E-state index in [4.69, 9.17) is 4.74 Å². The Bertz CT molecular complexity index is 704. The molecule has 0 saturated carbocycles. The maximum absolute atomic E-state index is 12.9. The number of nitrogens with zero attached hydrogens (tertiary/aromatic N) is 1. The van der Waals surface area contributed by atoms with Crippen molar-refractivity contribution >= 4 is 26.0 Å². The Hall–Kier alpha value is -1.21. The Morgan fingerprint density at radius 1 is 1.05 bits per heavy atom. The van der Waals surface area contributed by atoms with Gasteiger partial charge in [0.05, 0.1) is 11.5 Å². The summed E-state index contributed by atoms with van der Waals surface area (Å²) in [5.41, 5.74) is 0.939. The fourth-order valence-electron chi connectivity index (χ4n) is 2.06. The van der Waals surface area contributed by atoms with Gasteiger partial charge in [-0.15, -0.1) is 0 Å². The monoisotopic (exact) mass is 383 g/mol. The summed E-state index contributed by atoms with van der Waals surface area (Å²) in [6, 6.07) is 16.4. The van der Waals surface area contributed by atoms with Crippen LogP contribution in [0.15, 0.2) is 64.0 Å². The average Bonchev–Trinajstić information content (AvgIpc) is 2.52. The van der Waals surface area contributed by atoms with E-state index in [0.717, 1.165) is 5.56 Å². The molecule has 0 aliphatic carbocycles. The molecule has 6 heteroatoms. The highest BCUT2D eigenvalue weighted by Crippen LogP contribution is 2.25. The average molecular weight is 384 g/mol. The Balaban J connectivity index is 2.33. The van der Waals surface area contributed by atoms with Gasteiger partial charge in [0.2, 0.25) is 10.0 Å². The van der Waals surface area contributed by atoms with Crippen molar-refractivity contribution in [2.75, 3.05) is 20.3 Å². The topological polar surface area (TPSA) is 46.6 Å². The minimum Gasteiger partial charge on any atom is -0.383 e. The molecule has 2 rings (SSSR count). The summed E-state index contributed by atoms with van der Waals surface area (Å²) in [5, 5.41) is 0. The van der Waals surface area contributed by atoms with Crippen molar-refractivity contribution < 1.29 is 13.2 Å². The molecule has 0 amide bonds. The van der Waals surface area contributed by atoms with Gasteiger partial charge >= 0.3 is 0 Å². The lowest BCUT2D eigenvalue weighted by molar-refractivity contribution is 0.177. The molecule has 0 aliphatic heterocycles. The number of halogens is 1. The van der Waals surface area contributed by atoms with Gasteiger partial charge in [-0.3, -0.25) is 0 Å². The van der Waals surface area contributed by atoms with E-state index in [2.05, 4.69) is 15.9 Å². The second kappa shape index (κ2) is 7.87. The van der Waals surface area contributed by atoms with Gasteiger partial charge in [0.15, 0.2) is 0 Å². The molecular weight excluding hydrogens is 366 g/mol. The van der Waals surface area contributed by atoms with Crippen LogP contribution in [-0.2, 0) is 21.3 Å². The van der Waals surface area contributed by atoms with Gasteiger partial charge in [-0.2, -0.15) is 4.31 Å². The molecule has 0 saturated heterocycles. The van der Waals surface area contributed by atoms with E-state index in [-0.39, 0.29) is 4.90 Å². The fourth-order valence-corrected chi connectivity index (χ4v) is 4.43. The predicted octanol–water partition coefficient (Wildman–Crippen LogP) is 3.29. The van der Waals surface area contributed by atoms with Crippen LogP contribution in [0.1, 0.15) is 5.56 Å². The summed E-state index contributed by atoms with van der Waals surface area (Å²) in [7, 11) is -2.03. The summed E-state index contributed by atoms with van der Waals surface area (Å²) in [4.78, 5) is 0.266. The number of sulfonamides is 1. The minimum atomic E-state index is -3.60. The van der Waals surface area contributed by atoms with E-state index in [0.29, 0.717) is 24.2 Å². The van der Waals surface area contributed by atoms with Crippen molar-refractivity contribution in [1.82, 2.24) is 4.31 Å². The number of benzene rings is 2. The van der Waals surface area contributed by atoms with E-state index in [1.165, 1.54) is 4.31 Å². The van der Waals surface area contributed by atoms with Gasteiger partial charge in [-0.1, -0.05) is 42.5 Å². The third-order valence-corrected chi connectivity index (χ3v) is 6.06. The Morgan fingerprint density at radius 2 is 1.68 bits per heavy atom. The van der Waals surface area contributed by atoms with Gasteiger partial charge in [0.25, 0.3) is 0 Å². The summed E-state index contributed by atoms with van der Waals surface area (Å²) in [5.74, 6) is 0. The van der Waals surface area contributed by atoms with E-state index < -0.39 is 10.0 Å². The molecule has 22 heavy (non-hydrogen) atoms. The van der Waals surface area contributed by atoms with Crippen molar-refractivity contribution in [3.8, 4) is 0 Å². The van der Waals surface area contributed by atoms with Crippen LogP contribution < -0.4 is 0 Å². The summed E-state index contributed by atoms with van der Waals surface area (Å²) >= 11 is 3.32. The van der Waals surface area contributed by atoms with Crippen LogP contribution in [0.5, 0.6) is 0 Å². The van der Waals surface area contributed by atoms with Gasteiger partial charge in [0.1, 0.15) is 0 Å². The Kier molecular flexibility index (Phi) is 6.14. The lowest BCUT2D eigenvalue weighted by atomic mass is 10.2. The van der Waals surface area contributed by atoms with Gasteiger partial charge in [0, 0.05) is 24.7 Å². The molecule has 2 aromatic carbocycles. The predicted molar refractivity (Wildman–Crippen MR) is 90.1 cm³/mol. The van der Waals surface area contributed by atoms with Crippen molar-refractivity contribution in [2.45, 2.75) is 11.4 Å². The molecule has 0 bridgehead atoms. The van der Waals surface area contributed by atoms with Crippen LogP contribution >= 0.6 is 15.9 Å². The SMILES string of the molecule is COCCN(Cc1ccccc1)S(=O)(=O)c1ccccc1Br. The second-order valence-electron chi connectivity index (χ2n) is 4.75. The molecular formula is C16H18BrNO3S. The van der Waals surface area contributed by atoms with Crippen LogP contribution in [0.25, 0.3) is 0 Å². The van der Waals surface area contributed by atoms with Crippen molar-refractivity contribution in [2.24, 2.45) is 0 Å². The zero-order chi connectivity index (χ0) is 16.0. The van der Waals surface area contributed by atoms with E-state index in [9.17, 15) is 8.42 Å². The molecule has 0 N–H and O–H groups in total. The number of hydrogen-bond acceptors (Lipinski definition) is 3. The maximum Gasteiger partial charge on any atom is 0.244 e. The smallest absolute Gasteiger partial charge is 0.244 e. The molecule has 0 spiro atoms. The van der Waals surface area contributed by atoms with Crippen LogP contribution in [0.4, 0.5) is 0 Å². The quantitative estimate of drug-likeness (QED) is 0.736. The largest absolute Gasteiger partial charge is 0.383 e. The number of methoxy groups -OCH3 is 1. The molecule has 4 nitrogen and oxygen atoms in total. The first-order chi connectivity index (χ1) is 10.6. The molecule has 0 radical (unpaired) electrons. The molecule has 0 heterocycles. The van der Waals surface area contributed by atoms with Crippen molar-refractivity contribution in [3.05, 3.63) is 64.6 Å². The lowest BCUT2D eigenvalue weighted by Crippen LogP contribution is -2.33. The highest BCUT2D eigenvalue weighted by atomic mass is 79.9.